The second kappa shape index (κ2) is 19.2. The molecule has 0 bridgehead atoms. The fourth-order valence-electron chi connectivity index (χ4n) is 3.31. The summed E-state index contributed by atoms with van der Waals surface area (Å²) in [6.07, 6.45) is 22.0. The van der Waals surface area contributed by atoms with Crippen molar-refractivity contribution in [1.29, 1.82) is 0 Å². The molecule has 3 N–H and O–H groups in total. The van der Waals surface area contributed by atoms with Gasteiger partial charge in [0, 0.05) is 6.54 Å². The molecule has 0 heterocycles. The molecule has 0 aliphatic rings. The van der Waals surface area contributed by atoms with E-state index in [2.05, 4.69) is 12.2 Å². The van der Waals surface area contributed by atoms with Crippen molar-refractivity contribution in [2.45, 2.75) is 130 Å². The van der Waals surface area contributed by atoms with Gasteiger partial charge >= 0.3 is 0 Å². The van der Waals surface area contributed by atoms with Crippen LogP contribution < -0.4 is 11.1 Å². The van der Waals surface area contributed by atoms with Crippen LogP contribution in [0.5, 0.6) is 0 Å². The first-order valence-electron chi connectivity index (χ1n) is 11.6. The number of rotatable bonds is 19. The molecule has 0 saturated heterocycles. The van der Waals surface area contributed by atoms with Crippen LogP contribution in [0.25, 0.3) is 0 Å². The largest absolute Gasteiger partial charge is 0.355 e. The minimum Gasteiger partial charge on any atom is -0.355 e. The van der Waals surface area contributed by atoms with Gasteiger partial charge in [-0.3, -0.25) is 4.79 Å². The van der Waals surface area contributed by atoms with Gasteiger partial charge in [-0.25, -0.2) is 0 Å². The van der Waals surface area contributed by atoms with Gasteiger partial charge in [0.2, 0.25) is 5.91 Å². The third-order valence-corrected chi connectivity index (χ3v) is 5.35. The zero-order chi connectivity index (χ0) is 19.5. The van der Waals surface area contributed by atoms with Crippen molar-refractivity contribution in [3.05, 3.63) is 0 Å². The second-order valence-electron chi connectivity index (χ2n) is 8.36. The van der Waals surface area contributed by atoms with Gasteiger partial charge < -0.3 is 11.1 Å². The van der Waals surface area contributed by atoms with Crippen molar-refractivity contribution in [3.8, 4) is 0 Å². The molecule has 0 unspecified atom stereocenters. The van der Waals surface area contributed by atoms with Crippen LogP contribution in [0, 0.1) is 5.92 Å². The number of nitrogens with two attached hydrogens (primary N) is 1. The lowest BCUT2D eigenvalue weighted by molar-refractivity contribution is -0.123. The lowest BCUT2D eigenvalue weighted by atomic mass is 10.0. The molecule has 1 amide bonds. The molecule has 0 rings (SSSR count). The van der Waals surface area contributed by atoms with Crippen LogP contribution in [0.3, 0.4) is 0 Å². The van der Waals surface area contributed by atoms with E-state index in [1.807, 2.05) is 13.8 Å². The van der Waals surface area contributed by atoms with Gasteiger partial charge in [0.25, 0.3) is 0 Å². The third-order valence-electron chi connectivity index (χ3n) is 5.35. The van der Waals surface area contributed by atoms with E-state index in [0.717, 1.165) is 13.0 Å². The fraction of sp³-hybridized carbons (Fsp3) is 0.957. The summed E-state index contributed by atoms with van der Waals surface area (Å²) < 4.78 is 0. The molecule has 0 fully saturated rings. The maximum absolute atomic E-state index is 11.7. The lowest BCUT2D eigenvalue weighted by Crippen LogP contribution is -2.44. The number of nitrogens with one attached hydrogen (secondary N) is 1. The molecular weight excluding hydrogens is 320 g/mol. The summed E-state index contributed by atoms with van der Waals surface area (Å²) in [7, 11) is 0. The molecule has 3 nitrogen and oxygen atoms in total. The smallest absolute Gasteiger partial charge is 0.237 e. The van der Waals surface area contributed by atoms with Gasteiger partial charge in [0.05, 0.1) is 6.04 Å². The molecule has 26 heavy (non-hydrogen) atoms. The molecule has 0 saturated carbocycles. The third kappa shape index (κ3) is 16.9. The van der Waals surface area contributed by atoms with Crippen molar-refractivity contribution in [1.82, 2.24) is 5.32 Å². The number of unbranched alkanes of at least 4 members (excludes halogenated alkanes) is 15. The van der Waals surface area contributed by atoms with Crippen molar-refractivity contribution < 1.29 is 4.79 Å². The Bertz CT molecular complexity index is 305. The molecule has 1 atom stereocenters. The van der Waals surface area contributed by atoms with E-state index < -0.39 is 0 Å². The highest BCUT2D eigenvalue weighted by atomic mass is 16.2. The summed E-state index contributed by atoms with van der Waals surface area (Å²) in [4.78, 5) is 11.7. The highest BCUT2D eigenvalue weighted by molar-refractivity contribution is 5.81. The van der Waals surface area contributed by atoms with E-state index >= 15 is 0 Å². The molecule has 0 aromatic rings. The van der Waals surface area contributed by atoms with Crippen molar-refractivity contribution in [2.24, 2.45) is 11.7 Å². The predicted octanol–water partition coefficient (Wildman–Crippen LogP) is 6.35. The van der Waals surface area contributed by atoms with E-state index in [9.17, 15) is 4.79 Å². The first-order valence-corrected chi connectivity index (χ1v) is 11.6. The Hall–Kier alpha value is -0.570. The van der Waals surface area contributed by atoms with Gasteiger partial charge in [0.1, 0.15) is 0 Å². The average Bonchev–Trinajstić information content (AvgIpc) is 2.63. The minimum absolute atomic E-state index is 0.000888. The van der Waals surface area contributed by atoms with Crippen LogP contribution in [0.2, 0.25) is 0 Å². The number of hydrogen-bond donors (Lipinski definition) is 2. The quantitative estimate of drug-likeness (QED) is 0.261. The molecular formula is C23H48N2O. The van der Waals surface area contributed by atoms with Crippen LogP contribution in [0.4, 0.5) is 0 Å². The first kappa shape index (κ1) is 25.4. The number of amides is 1. The van der Waals surface area contributed by atoms with Crippen LogP contribution >= 0.6 is 0 Å². The summed E-state index contributed by atoms with van der Waals surface area (Å²) in [5.41, 5.74) is 5.82. The molecule has 0 aromatic carbocycles. The highest BCUT2D eigenvalue weighted by Crippen LogP contribution is 2.13. The standard InChI is InChI=1S/C23H48N2O/c1-4-5-6-7-8-9-10-11-12-13-14-15-16-17-18-19-20-25-23(26)22(24)21(2)3/h21-22H,4-20,24H2,1-3H3,(H,25,26)/t22-/m0/s1. The minimum atomic E-state index is -0.365. The lowest BCUT2D eigenvalue weighted by Gasteiger charge is -2.15. The molecule has 156 valence electrons. The van der Waals surface area contributed by atoms with Gasteiger partial charge in [0.15, 0.2) is 0 Å². The Morgan fingerprint density at radius 1 is 0.692 bits per heavy atom. The van der Waals surface area contributed by atoms with E-state index in [4.69, 9.17) is 5.73 Å². The number of carbonyl (C=O) groups excluding carboxylic acids is 1. The summed E-state index contributed by atoms with van der Waals surface area (Å²) in [5.74, 6) is 0.210. The van der Waals surface area contributed by atoms with E-state index in [0.29, 0.717) is 0 Å². The number of carbonyl (C=O) groups is 1. The highest BCUT2D eigenvalue weighted by Gasteiger charge is 2.15. The van der Waals surface area contributed by atoms with E-state index in [-0.39, 0.29) is 17.9 Å². The van der Waals surface area contributed by atoms with E-state index in [1.165, 1.54) is 96.3 Å². The summed E-state index contributed by atoms with van der Waals surface area (Å²) in [6.45, 7) is 7.03. The van der Waals surface area contributed by atoms with Gasteiger partial charge in [-0.2, -0.15) is 0 Å². The van der Waals surface area contributed by atoms with Gasteiger partial charge in [-0.15, -0.1) is 0 Å². The van der Waals surface area contributed by atoms with Crippen molar-refractivity contribution >= 4 is 5.91 Å². The van der Waals surface area contributed by atoms with Crippen LogP contribution in [-0.2, 0) is 4.79 Å². The summed E-state index contributed by atoms with van der Waals surface area (Å²) in [6, 6.07) is -0.365. The monoisotopic (exact) mass is 368 g/mol. The SMILES string of the molecule is CCCCCCCCCCCCCCCCCCNC(=O)[C@@H](N)C(C)C. The zero-order valence-corrected chi connectivity index (χ0v) is 18.2. The fourth-order valence-corrected chi connectivity index (χ4v) is 3.31. The zero-order valence-electron chi connectivity index (χ0n) is 18.2. The molecule has 3 heteroatoms. The predicted molar refractivity (Wildman–Crippen MR) is 115 cm³/mol. The summed E-state index contributed by atoms with van der Waals surface area (Å²) >= 11 is 0. The Labute approximate surface area is 164 Å². The maximum atomic E-state index is 11.7. The van der Waals surface area contributed by atoms with Crippen LogP contribution in [-0.4, -0.2) is 18.5 Å². The van der Waals surface area contributed by atoms with Crippen molar-refractivity contribution in [2.75, 3.05) is 6.54 Å². The molecule has 0 spiro atoms. The Morgan fingerprint density at radius 3 is 1.38 bits per heavy atom. The first-order chi connectivity index (χ1) is 12.6. The topological polar surface area (TPSA) is 55.1 Å². The van der Waals surface area contributed by atoms with Crippen LogP contribution in [0.15, 0.2) is 0 Å². The Morgan fingerprint density at radius 2 is 1.04 bits per heavy atom. The molecule has 0 radical (unpaired) electrons. The molecule has 0 aliphatic carbocycles. The maximum Gasteiger partial charge on any atom is 0.237 e. The Balaban J connectivity index is 3.15. The van der Waals surface area contributed by atoms with E-state index in [1.54, 1.807) is 0 Å². The average molecular weight is 369 g/mol. The second-order valence-corrected chi connectivity index (χ2v) is 8.36. The number of hydrogen-bond acceptors (Lipinski definition) is 2. The van der Waals surface area contributed by atoms with Crippen LogP contribution in [0.1, 0.15) is 124 Å². The Kier molecular flexibility index (Phi) is 18.8. The summed E-state index contributed by atoms with van der Waals surface area (Å²) in [5, 5.41) is 2.95. The van der Waals surface area contributed by atoms with Gasteiger partial charge in [-0.1, -0.05) is 117 Å². The molecule has 0 aliphatic heterocycles. The van der Waals surface area contributed by atoms with Crippen molar-refractivity contribution in [3.63, 3.8) is 0 Å². The molecule has 0 aromatic heterocycles. The van der Waals surface area contributed by atoms with Gasteiger partial charge in [-0.05, 0) is 12.3 Å². The normalized spacial score (nSPS) is 12.5.